The lowest BCUT2D eigenvalue weighted by atomic mass is 9.82. The van der Waals surface area contributed by atoms with Crippen LogP contribution in [0.3, 0.4) is 0 Å². The van der Waals surface area contributed by atoms with E-state index in [1.807, 2.05) is 11.3 Å². The molecular formula is C57H41NS. The predicted octanol–water partition coefficient (Wildman–Crippen LogP) is 16.5. The van der Waals surface area contributed by atoms with Gasteiger partial charge < -0.3 is 4.90 Å². The maximum atomic E-state index is 2.50. The molecule has 1 nitrogen and oxygen atoms in total. The zero-order chi connectivity index (χ0) is 39.5. The summed E-state index contributed by atoms with van der Waals surface area (Å²) in [6.07, 6.45) is 0. The molecule has 0 atom stereocenters. The third-order valence-electron chi connectivity index (χ3n) is 12.3. The van der Waals surface area contributed by atoms with Crippen LogP contribution < -0.4 is 4.90 Å². The van der Waals surface area contributed by atoms with Crippen molar-refractivity contribution in [3.63, 3.8) is 0 Å². The second-order valence-corrected chi connectivity index (χ2v) is 17.1. The third-order valence-corrected chi connectivity index (χ3v) is 13.5. The highest BCUT2D eigenvalue weighted by atomic mass is 32.1. The molecule has 10 aromatic rings. The Kier molecular flexibility index (Phi) is 8.43. The van der Waals surface area contributed by atoms with Gasteiger partial charge in [0.2, 0.25) is 0 Å². The molecule has 1 aromatic heterocycles. The fourth-order valence-corrected chi connectivity index (χ4v) is 10.6. The van der Waals surface area contributed by atoms with Gasteiger partial charge in [-0.2, -0.15) is 0 Å². The first kappa shape index (κ1) is 35.2. The Balaban J connectivity index is 1.13. The summed E-state index contributed by atoms with van der Waals surface area (Å²) in [5.74, 6) is 0. The fraction of sp³-hybridized carbons (Fsp3) is 0.0526. The van der Waals surface area contributed by atoms with E-state index in [0.29, 0.717) is 0 Å². The Morgan fingerprint density at radius 1 is 0.373 bits per heavy atom. The number of rotatable bonds is 7. The van der Waals surface area contributed by atoms with Gasteiger partial charge in [0.15, 0.2) is 0 Å². The second-order valence-electron chi connectivity index (χ2n) is 16.1. The largest absolute Gasteiger partial charge is 0.310 e. The van der Waals surface area contributed by atoms with Crippen LogP contribution in [0.1, 0.15) is 25.0 Å². The topological polar surface area (TPSA) is 3.24 Å². The highest BCUT2D eigenvalue weighted by molar-refractivity contribution is 7.26. The Bertz CT molecular complexity index is 3160. The van der Waals surface area contributed by atoms with Gasteiger partial charge in [0.05, 0.1) is 5.69 Å². The van der Waals surface area contributed by atoms with E-state index in [-0.39, 0.29) is 5.41 Å². The van der Waals surface area contributed by atoms with Crippen LogP contribution in [0.4, 0.5) is 17.1 Å². The number of nitrogens with zero attached hydrogens (tertiary/aromatic N) is 1. The van der Waals surface area contributed by atoms with Crippen LogP contribution in [0, 0.1) is 0 Å². The van der Waals surface area contributed by atoms with E-state index in [0.717, 1.165) is 17.1 Å². The Hall–Kier alpha value is -7.00. The summed E-state index contributed by atoms with van der Waals surface area (Å²) in [6, 6.07) is 78.1. The molecule has 1 aliphatic carbocycles. The minimum absolute atomic E-state index is 0.135. The second kappa shape index (κ2) is 14.1. The molecule has 0 N–H and O–H groups in total. The fourth-order valence-electron chi connectivity index (χ4n) is 9.36. The lowest BCUT2D eigenvalue weighted by molar-refractivity contribution is 0.660. The van der Waals surface area contributed by atoms with Crippen molar-refractivity contribution in [1.82, 2.24) is 0 Å². The number of hydrogen-bond acceptors (Lipinski definition) is 2. The standard InChI is InChI=1S/C57H41NS/c1-57(2)51-23-13-11-21-47(51)48-34-33-44(37-52(48)57)58(43-31-29-41(30-32-43)46-20-10-9-19-45(46)40-17-7-4-8-18-40)53-36-35-50-49-22-12-14-24-54(49)59-56(50)55(53)42-27-25-39(26-28-42)38-15-5-3-6-16-38/h3-37H,1-2H3. The minimum atomic E-state index is -0.135. The normalized spacial score (nSPS) is 12.7. The highest BCUT2D eigenvalue weighted by Crippen LogP contribution is 2.53. The van der Waals surface area contributed by atoms with Gasteiger partial charge in [-0.3, -0.25) is 0 Å². The summed E-state index contributed by atoms with van der Waals surface area (Å²) in [4.78, 5) is 2.50. The van der Waals surface area contributed by atoms with Crippen LogP contribution in [0.5, 0.6) is 0 Å². The molecule has 280 valence electrons. The van der Waals surface area contributed by atoms with E-state index in [9.17, 15) is 0 Å². The average Bonchev–Trinajstić information content (AvgIpc) is 3.79. The molecule has 59 heavy (non-hydrogen) atoms. The monoisotopic (exact) mass is 771 g/mol. The predicted molar refractivity (Wildman–Crippen MR) is 253 cm³/mol. The third kappa shape index (κ3) is 5.91. The van der Waals surface area contributed by atoms with Crippen molar-refractivity contribution in [3.8, 4) is 55.6 Å². The van der Waals surface area contributed by atoms with Gasteiger partial charge in [0.1, 0.15) is 0 Å². The van der Waals surface area contributed by atoms with Crippen LogP contribution in [-0.2, 0) is 5.41 Å². The van der Waals surface area contributed by atoms with Gasteiger partial charge in [-0.1, -0.05) is 190 Å². The van der Waals surface area contributed by atoms with Crippen molar-refractivity contribution in [2.75, 3.05) is 4.90 Å². The molecule has 0 bridgehead atoms. The quantitative estimate of drug-likeness (QED) is 0.156. The molecule has 0 fully saturated rings. The zero-order valence-electron chi connectivity index (χ0n) is 33.1. The Morgan fingerprint density at radius 2 is 0.898 bits per heavy atom. The SMILES string of the molecule is CC1(C)c2ccccc2-c2ccc(N(c3ccc(-c4ccccc4-c4ccccc4)cc3)c3ccc4c(sc5ccccc54)c3-c3ccc(-c4ccccc4)cc3)cc21. The molecule has 0 saturated heterocycles. The maximum absolute atomic E-state index is 2.50. The van der Waals surface area contributed by atoms with Crippen LogP contribution in [0.2, 0.25) is 0 Å². The van der Waals surface area contributed by atoms with Crippen molar-refractivity contribution >= 4 is 48.6 Å². The number of anilines is 3. The molecule has 2 heteroatoms. The summed E-state index contributed by atoms with van der Waals surface area (Å²) >= 11 is 1.89. The molecule has 0 saturated carbocycles. The smallest absolute Gasteiger partial charge is 0.0554 e. The molecule has 11 rings (SSSR count). The Labute approximate surface area is 350 Å². The zero-order valence-corrected chi connectivity index (χ0v) is 33.9. The number of thiophene rings is 1. The molecule has 0 unspecified atom stereocenters. The molecular weight excluding hydrogens is 731 g/mol. The highest BCUT2D eigenvalue weighted by Gasteiger charge is 2.36. The van der Waals surface area contributed by atoms with Gasteiger partial charge in [-0.25, -0.2) is 0 Å². The minimum Gasteiger partial charge on any atom is -0.310 e. The van der Waals surface area contributed by atoms with Gasteiger partial charge in [-0.05, 0) is 97.6 Å². The van der Waals surface area contributed by atoms with Crippen LogP contribution in [-0.4, -0.2) is 0 Å². The summed E-state index contributed by atoms with van der Waals surface area (Å²) in [7, 11) is 0. The van der Waals surface area contributed by atoms with E-state index in [4.69, 9.17) is 0 Å². The van der Waals surface area contributed by atoms with Crippen molar-refractivity contribution in [1.29, 1.82) is 0 Å². The first-order chi connectivity index (χ1) is 29.0. The van der Waals surface area contributed by atoms with E-state index >= 15 is 0 Å². The van der Waals surface area contributed by atoms with Gasteiger partial charge >= 0.3 is 0 Å². The van der Waals surface area contributed by atoms with Crippen LogP contribution >= 0.6 is 11.3 Å². The first-order valence-electron chi connectivity index (χ1n) is 20.4. The summed E-state index contributed by atoms with van der Waals surface area (Å²) in [5.41, 5.74) is 18.4. The molecule has 0 amide bonds. The summed E-state index contributed by atoms with van der Waals surface area (Å²) in [6.45, 7) is 4.74. The van der Waals surface area contributed by atoms with E-state index in [2.05, 4.69) is 231 Å². The molecule has 0 aliphatic heterocycles. The van der Waals surface area contributed by atoms with Crippen molar-refractivity contribution in [3.05, 3.63) is 223 Å². The molecule has 1 heterocycles. The van der Waals surface area contributed by atoms with E-state index in [1.165, 1.54) is 86.9 Å². The molecule has 1 aliphatic rings. The molecule has 0 radical (unpaired) electrons. The van der Waals surface area contributed by atoms with Crippen LogP contribution in [0.25, 0.3) is 75.8 Å². The molecule has 0 spiro atoms. The van der Waals surface area contributed by atoms with Crippen LogP contribution in [0.15, 0.2) is 212 Å². The van der Waals surface area contributed by atoms with Gasteiger partial charge in [0, 0.05) is 42.5 Å². The van der Waals surface area contributed by atoms with E-state index < -0.39 is 0 Å². The lowest BCUT2D eigenvalue weighted by Crippen LogP contribution is -2.17. The number of hydrogen-bond donors (Lipinski definition) is 0. The van der Waals surface area contributed by atoms with Crippen molar-refractivity contribution in [2.24, 2.45) is 0 Å². The Morgan fingerprint density at radius 3 is 1.63 bits per heavy atom. The van der Waals surface area contributed by atoms with Gasteiger partial charge in [-0.15, -0.1) is 11.3 Å². The summed E-state index contributed by atoms with van der Waals surface area (Å²) < 4.78 is 2.59. The van der Waals surface area contributed by atoms with Crippen molar-refractivity contribution in [2.45, 2.75) is 19.3 Å². The lowest BCUT2D eigenvalue weighted by Gasteiger charge is -2.30. The number of benzene rings is 9. The van der Waals surface area contributed by atoms with Crippen molar-refractivity contribution < 1.29 is 0 Å². The van der Waals surface area contributed by atoms with Gasteiger partial charge in [0.25, 0.3) is 0 Å². The first-order valence-corrected chi connectivity index (χ1v) is 21.2. The molecule has 9 aromatic carbocycles. The maximum Gasteiger partial charge on any atom is 0.0554 e. The average molecular weight is 772 g/mol. The number of fused-ring (bicyclic) bond motifs is 6. The van der Waals surface area contributed by atoms with E-state index in [1.54, 1.807) is 0 Å². The summed E-state index contributed by atoms with van der Waals surface area (Å²) in [5, 5.41) is 2.58.